The average molecular weight is 250 g/mol. The number of fused-ring (bicyclic) bond motifs is 6. The fraction of sp³-hybridized carbons (Fsp3) is 0.0714. The average Bonchev–Trinajstić information content (AvgIpc) is 2.88. The van der Waals surface area contributed by atoms with Crippen molar-refractivity contribution in [1.82, 2.24) is 20.0 Å². The molecule has 92 valence electrons. The van der Waals surface area contributed by atoms with Gasteiger partial charge in [-0.05, 0) is 52.6 Å². The third-order valence-corrected chi connectivity index (χ3v) is 3.39. The van der Waals surface area contributed by atoms with E-state index in [2.05, 4.69) is 33.7 Å². The topological polar surface area (TPSA) is 63.3 Å². The first-order valence-corrected chi connectivity index (χ1v) is 5.97. The van der Waals surface area contributed by atoms with Gasteiger partial charge in [-0.3, -0.25) is 0 Å². The van der Waals surface area contributed by atoms with Crippen LogP contribution < -0.4 is 0 Å². The molecule has 19 heavy (non-hydrogen) atoms. The predicted molar refractivity (Wildman–Crippen MR) is 72.2 cm³/mol. The summed E-state index contributed by atoms with van der Waals surface area (Å²) >= 11 is 0. The SMILES string of the molecule is Cc1ccc2c3ccc(O)cc3c3nnnn3c2c1. The van der Waals surface area contributed by atoms with Crippen LogP contribution >= 0.6 is 0 Å². The summed E-state index contributed by atoms with van der Waals surface area (Å²) < 4.78 is 1.71. The first-order valence-electron chi connectivity index (χ1n) is 5.97. The number of phenolic OH excluding ortho intramolecular Hbond substituents is 1. The Morgan fingerprint density at radius 2 is 1.84 bits per heavy atom. The van der Waals surface area contributed by atoms with Gasteiger partial charge in [-0.25, -0.2) is 0 Å². The quantitative estimate of drug-likeness (QED) is 0.487. The molecule has 0 aliphatic carbocycles. The number of nitrogens with zero attached hydrogens (tertiary/aromatic N) is 4. The molecule has 5 nitrogen and oxygen atoms in total. The zero-order chi connectivity index (χ0) is 13.0. The van der Waals surface area contributed by atoms with Crippen LogP contribution in [0.25, 0.3) is 27.3 Å². The maximum atomic E-state index is 9.67. The Morgan fingerprint density at radius 1 is 1.00 bits per heavy atom. The van der Waals surface area contributed by atoms with E-state index in [4.69, 9.17) is 0 Å². The van der Waals surface area contributed by atoms with Crippen LogP contribution in [0.4, 0.5) is 0 Å². The van der Waals surface area contributed by atoms with E-state index in [0.717, 1.165) is 27.2 Å². The summed E-state index contributed by atoms with van der Waals surface area (Å²) in [5.74, 6) is 0.212. The molecular weight excluding hydrogens is 240 g/mol. The summed E-state index contributed by atoms with van der Waals surface area (Å²) in [7, 11) is 0. The Kier molecular flexibility index (Phi) is 1.84. The fourth-order valence-corrected chi connectivity index (χ4v) is 2.51. The Bertz CT molecular complexity index is 867. The van der Waals surface area contributed by atoms with Gasteiger partial charge in [0, 0.05) is 10.8 Å². The molecule has 0 spiro atoms. The first-order chi connectivity index (χ1) is 9.24. The van der Waals surface area contributed by atoms with Crippen molar-refractivity contribution in [1.29, 1.82) is 0 Å². The number of benzene rings is 2. The molecule has 2 heterocycles. The van der Waals surface area contributed by atoms with Gasteiger partial charge in [0.25, 0.3) is 0 Å². The lowest BCUT2D eigenvalue weighted by Crippen LogP contribution is -1.93. The molecule has 0 atom stereocenters. The summed E-state index contributed by atoms with van der Waals surface area (Å²) in [4.78, 5) is 0. The highest BCUT2D eigenvalue weighted by Crippen LogP contribution is 2.30. The number of tetrazole rings is 1. The van der Waals surface area contributed by atoms with E-state index in [-0.39, 0.29) is 5.75 Å². The van der Waals surface area contributed by atoms with Crippen LogP contribution in [0, 0.1) is 6.92 Å². The van der Waals surface area contributed by atoms with Crippen LogP contribution in [0.2, 0.25) is 0 Å². The van der Waals surface area contributed by atoms with Gasteiger partial charge < -0.3 is 5.11 Å². The van der Waals surface area contributed by atoms with Crippen molar-refractivity contribution in [3.8, 4) is 5.75 Å². The van der Waals surface area contributed by atoms with Gasteiger partial charge in [-0.1, -0.05) is 12.1 Å². The lowest BCUT2D eigenvalue weighted by Gasteiger charge is -2.07. The van der Waals surface area contributed by atoms with Crippen molar-refractivity contribution in [2.45, 2.75) is 6.92 Å². The van der Waals surface area contributed by atoms with E-state index in [0.29, 0.717) is 5.65 Å². The zero-order valence-electron chi connectivity index (χ0n) is 10.2. The number of aromatic hydroxyl groups is 1. The maximum Gasteiger partial charge on any atom is 0.187 e. The summed E-state index contributed by atoms with van der Waals surface area (Å²) in [5.41, 5.74) is 2.78. The van der Waals surface area contributed by atoms with Gasteiger partial charge in [0.05, 0.1) is 5.52 Å². The highest BCUT2D eigenvalue weighted by atomic mass is 16.3. The van der Waals surface area contributed by atoms with Crippen molar-refractivity contribution in [2.24, 2.45) is 0 Å². The summed E-state index contributed by atoms with van der Waals surface area (Å²) in [5, 5.41) is 24.5. The second kappa shape index (κ2) is 3.41. The second-order valence-electron chi connectivity index (χ2n) is 4.66. The molecule has 2 aromatic heterocycles. The number of hydrogen-bond donors (Lipinski definition) is 1. The van der Waals surface area contributed by atoms with Crippen LogP contribution in [-0.4, -0.2) is 25.1 Å². The maximum absolute atomic E-state index is 9.67. The normalized spacial score (nSPS) is 11.6. The molecule has 5 heteroatoms. The monoisotopic (exact) mass is 250 g/mol. The van der Waals surface area contributed by atoms with Gasteiger partial charge in [0.2, 0.25) is 0 Å². The fourth-order valence-electron chi connectivity index (χ4n) is 2.51. The van der Waals surface area contributed by atoms with E-state index in [1.165, 1.54) is 0 Å². The van der Waals surface area contributed by atoms with Crippen LogP contribution in [-0.2, 0) is 0 Å². The summed E-state index contributed by atoms with van der Waals surface area (Å²) in [6.07, 6.45) is 0. The molecule has 0 bridgehead atoms. The molecule has 4 aromatic rings. The van der Waals surface area contributed by atoms with Gasteiger partial charge in [0.15, 0.2) is 5.65 Å². The molecule has 1 N–H and O–H groups in total. The molecule has 0 aliphatic rings. The van der Waals surface area contributed by atoms with Crippen LogP contribution in [0.15, 0.2) is 36.4 Å². The van der Waals surface area contributed by atoms with E-state index < -0.39 is 0 Å². The van der Waals surface area contributed by atoms with Crippen molar-refractivity contribution in [3.05, 3.63) is 42.0 Å². The number of aromatic nitrogens is 4. The van der Waals surface area contributed by atoms with Gasteiger partial charge in [-0.15, -0.1) is 5.10 Å². The zero-order valence-corrected chi connectivity index (χ0v) is 10.2. The molecule has 0 radical (unpaired) electrons. The Balaban J connectivity index is 2.40. The van der Waals surface area contributed by atoms with E-state index in [9.17, 15) is 5.11 Å². The van der Waals surface area contributed by atoms with Gasteiger partial charge in [0.1, 0.15) is 5.75 Å². The number of pyridine rings is 1. The molecule has 0 saturated heterocycles. The summed E-state index contributed by atoms with van der Waals surface area (Å²) in [6, 6.07) is 11.5. The molecule has 0 fully saturated rings. The van der Waals surface area contributed by atoms with Crippen molar-refractivity contribution in [3.63, 3.8) is 0 Å². The number of aryl methyl sites for hydroxylation is 1. The predicted octanol–water partition coefficient (Wildman–Crippen LogP) is 2.44. The molecule has 0 unspecified atom stereocenters. The highest BCUT2D eigenvalue weighted by molar-refractivity contribution is 6.11. The second-order valence-corrected chi connectivity index (χ2v) is 4.66. The smallest absolute Gasteiger partial charge is 0.187 e. The molecular formula is C14H10N4O. The van der Waals surface area contributed by atoms with Crippen LogP contribution in [0.5, 0.6) is 5.75 Å². The lowest BCUT2D eigenvalue weighted by molar-refractivity contribution is 0.476. The van der Waals surface area contributed by atoms with E-state index in [1.54, 1.807) is 16.6 Å². The molecule has 0 aliphatic heterocycles. The van der Waals surface area contributed by atoms with Gasteiger partial charge in [-0.2, -0.15) is 4.52 Å². The molecule has 0 amide bonds. The summed E-state index contributed by atoms with van der Waals surface area (Å²) in [6.45, 7) is 2.04. The van der Waals surface area contributed by atoms with Crippen molar-refractivity contribution < 1.29 is 5.11 Å². The van der Waals surface area contributed by atoms with Crippen LogP contribution in [0.1, 0.15) is 5.56 Å². The van der Waals surface area contributed by atoms with Crippen LogP contribution in [0.3, 0.4) is 0 Å². The number of phenols is 1. The van der Waals surface area contributed by atoms with E-state index >= 15 is 0 Å². The lowest BCUT2D eigenvalue weighted by atomic mass is 10.0. The van der Waals surface area contributed by atoms with Crippen molar-refractivity contribution >= 4 is 27.3 Å². The van der Waals surface area contributed by atoms with E-state index in [1.807, 2.05) is 13.0 Å². The van der Waals surface area contributed by atoms with Crippen molar-refractivity contribution in [2.75, 3.05) is 0 Å². The number of hydrogen-bond acceptors (Lipinski definition) is 4. The molecule has 0 saturated carbocycles. The molecule has 2 aromatic carbocycles. The number of rotatable bonds is 0. The van der Waals surface area contributed by atoms with Gasteiger partial charge >= 0.3 is 0 Å². The molecule has 4 rings (SSSR count). The third-order valence-electron chi connectivity index (χ3n) is 3.39. The third kappa shape index (κ3) is 1.32. The minimum Gasteiger partial charge on any atom is -0.508 e. The minimum atomic E-state index is 0.212. The first kappa shape index (κ1) is 10.3. The highest BCUT2D eigenvalue weighted by Gasteiger charge is 2.11. The minimum absolute atomic E-state index is 0.212. The Labute approximate surface area is 108 Å². The Morgan fingerprint density at radius 3 is 2.74 bits per heavy atom. The largest absolute Gasteiger partial charge is 0.508 e. The Hall–Kier alpha value is -2.69. The standard InChI is InChI=1S/C14H10N4O/c1-8-2-4-11-10-5-3-9(19)7-12(10)14-15-16-17-18(14)13(11)6-8/h2-7,19H,1H3.